The molecular formula is C46H54F4N4O9. The Balaban J connectivity index is 0.905. The van der Waals surface area contributed by atoms with E-state index in [1.807, 2.05) is 12.1 Å². The molecule has 0 radical (unpaired) electrons. The van der Waals surface area contributed by atoms with Crippen LogP contribution in [-0.2, 0) is 63.1 Å². The number of rotatable bonds is 22. The lowest BCUT2D eigenvalue weighted by molar-refractivity contribution is -0.187. The number of alkyl halides is 3. The Labute approximate surface area is 363 Å². The summed E-state index contributed by atoms with van der Waals surface area (Å²) < 4.78 is 77.1. The second kappa shape index (κ2) is 21.8. The summed E-state index contributed by atoms with van der Waals surface area (Å²) in [6.07, 6.45) is 1.50. The molecule has 1 saturated heterocycles. The van der Waals surface area contributed by atoms with Gasteiger partial charge in [-0.2, -0.15) is 13.2 Å². The van der Waals surface area contributed by atoms with Crippen LogP contribution in [0.25, 0.3) is 0 Å². The van der Waals surface area contributed by atoms with Crippen LogP contribution in [0.3, 0.4) is 0 Å². The molecule has 1 heterocycles. The van der Waals surface area contributed by atoms with E-state index in [1.54, 1.807) is 30.3 Å². The van der Waals surface area contributed by atoms with Gasteiger partial charge in [-0.3, -0.25) is 19.2 Å². The molecule has 17 heteroatoms. The molecule has 2 fully saturated rings. The summed E-state index contributed by atoms with van der Waals surface area (Å²) in [5, 5.41) is 5.67. The monoisotopic (exact) mass is 882 g/mol. The molecule has 1 saturated carbocycles. The van der Waals surface area contributed by atoms with Crippen LogP contribution in [0.2, 0.25) is 0 Å². The number of amides is 5. The van der Waals surface area contributed by atoms with Crippen LogP contribution in [0.1, 0.15) is 80.5 Å². The lowest BCUT2D eigenvalue weighted by Crippen LogP contribution is -2.51. The summed E-state index contributed by atoms with van der Waals surface area (Å²) in [5.74, 6) is -2.30. The van der Waals surface area contributed by atoms with Crippen LogP contribution in [0.5, 0.6) is 0 Å². The van der Waals surface area contributed by atoms with Crippen molar-refractivity contribution in [2.75, 3.05) is 56.8 Å². The van der Waals surface area contributed by atoms with Gasteiger partial charge in [0.2, 0.25) is 23.3 Å². The number of hydrogen-bond donors (Lipinski definition) is 2. The predicted octanol–water partition coefficient (Wildman–Crippen LogP) is 7.46. The predicted molar refractivity (Wildman–Crippen MR) is 223 cm³/mol. The van der Waals surface area contributed by atoms with Crippen LogP contribution >= 0.6 is 0 Å². The Kier molecular flexibility index (Phi) is 16.3. The number of carbonyl (C=O) groups excluding carboxylic acids is 5. The first-order valence-corrected chi connectivity index (χ1v) is 21.4. The standard InChI is InChI=1S/C46H54F4N4O9/c1-31(46(48,49)50)53(29-34-6-11-36(47)12-7-34)42(57)30-54-43(58)45(63-44(54)59)21-18-35-28-38(15-16-39(35)45)52-40(55)17-10-33-8-13-37(14-9-33)51-41(56)20-23-61-25-27-62-26-24-60-22-19-32-4-2-3-5-32/h6-9,11-16,28,31-32H,2-5,10,17-27,29-30H2,1H3,(H,51,56)(H,52,55)/t31-,45+/m0/s1. The molecule has 6 rings (SSSR count). The van der Waals surface area contributed by atoms with Gasteiger partial charge < -0.3 is 34.5 Å². The van der Waals surface area contributed by atoms with Crippen molar-refractivity contribution in [2.24, 2.45) is 5.92 Å². The topological polar surface area (TPSA) is 153 Å². The van der Waals surface area contributed by atoms with Crippen molar-refractivity contribution in [2.45, 2.75) is 95.5 Å². The first-order chi connectivity index (χ1) is 30.2. The number of halogens is 4. The Morgan fingerprint density at radius 3 is 2.11 bits per heavy atom. The number of fused-ring (bicyclic) bond motifs is 2. The largest absolute Gasteiger partial charge is 0.427 e. The van der Waals surface area contributed by atoms with Gasteiger partial charge in [0.15, 0.2) is 0 Å². The zero-order valence-corrected chi connectivity index (χ0v) is 35.3. The van der Waals surface area contributed by atoms with E-state index >= 15 is 0 Å². The number of nitrogens with zero attached hydrogens (tertiary/aromatic N) is 2. The average molecular weight is 883 g/mol. The van der Waals surface area contributed by atoms with Gasteiger partial charge in [-0.05, 0) is 85.2 Å². The summed E-state index contributed by atoms with van der Waals surface area (Å²) in [7, 11) is 0. The molecule has 3 aromatic carbocycles. The molecule has 0 unspecified atom stereocenters. The second-order valence-electron chi connectivity index (χ2n) is 16.1. The molecule has 1 aliphatic heterocycles. The number of ether oxygens (including phenoxy) is 4. The molecule has 3 aliphatic rings. The maximum Gasteiger partial charge on any atom is 0.418 e. The molecule has 1 spiro atoms. The number of anilines is 2. The highest BCUT2D eigenvalue weighted by atomic mass is 19.4. The third-order valence-corrected chi connectivity index (χ3v) is 11.7. The number of nitrogens with one attached hydrogen (secondary N) is 2. The zero-order chi connectivity index (χ0) is 45.0. The summed E-state index contributed by atoms with van der Waals surface area (Å²) in [6, 6.07) is 14.2. The van der Waals surface area contributed by atoms with Crippen molar-refractivity contribution in [3.8, 4) is 0 Å². The van der Waals surface area contributed by atoms with Crippen LogP contribution in [0.15, 0.2) is 66.7 Å². The molecule has 2 atom stereocenters. The van der Waals surface area contributed by atoms with Crippen molar-refractivity contribution in [1.82, 2.24) is 9.80 Å². The zero-order valence-electron chi connectivity index (χ0n) is 35.3. The van der Waals surface area contributed by atoms with E-state index in [0.29, 0.717) is 65.1 Å². The van der Waals surface area contributed by atoms with Gasteiger partial charge in [-0.15, -0.1) is 0 Å². The number of aryl methyl sites for hydroxylation is 2. The van der Waals surface area contributed by atoms with E-state index in [0.717, 1.165) is 43.6 Å². The normalized spacial score (nSPS) is 17.8. The van der Waals surface area contributed by atoms with Gasteiger partial charge in [0, 0.05) is 42.9 Å². The first-order valence-electron chi connectivity index (χ1n) is 21.4. The third kappa shape index (κ3) is 12.9. The van der Waals surface area contributed by atoms with Crippen molar-refractivity contribution in [1.29, 1.82) is 0 Å². The number of carbonyl (C=O) groups is 5. The molecule has 3 aromatic rings. The lowest BCUT2D eigenvalue weighted by atomic mass is 9.94. The fourth-order valence-corrected chi connectivity index (χ4v) is 8.08. The Morgan fingerprint density at radius 1 is 0.825 bits per heavy atom. The van der Waals surface area contributed by atoms with Crippen LogP contribution in [0, 0.1) is 11.7 Å². The SMILES string of the molecule is C[C@H](N(Cc1ccc(F)cc1)C(=O)CN1C(=O)O[C@@]2(CCc3cc(NC(=O)CCc4ccc(NC(=O)CCOCCOCCOCCC5CCCC5)cc4)ccc32)C1=O)C(F)(F)F. The Bertz CT molecular complexity index is 2060. The minimum Gasteiger partial charge on any atom is -0.427 e. The smallest absolute Gasteiger partial charge is 0.418 e. The Hall–Kier alpha value is -5.39. The van der Waals surface area contributed by atoms with Crippen molar-refractivity contribution < 1.29 is 60.5 Å². The molecule has 2 aliphatic carbocycles. The molecular weight excluding hydrogens is 829 g/mol. The average Bonchev–Trinajstić information content (AvgIpc) is 3.97. The van der Waals surface area contributed by atoms with E-state index < -0.39 is 54.6 Å². The van der Waals surface area contributed by atoms with Crippen LogP contribution in [0.4, 0.5) is 33.7 Å². The summed E-state index contributed by atoms with van der Waals surface area (Å²) in [5.41, 5.74) is 1.34. The van der Waals surface area contributed by atoms with E-state index in [2.05, 4.69) is 10.6 Å². The number of hydrogen-bond acceptors (Lipinski definition) is 9. The number of imide groups is 1. The molecule has 13 nitrogen and oxygen atoms in total. The van der Waals surface area contributed by atoms with Gasteiger partial charge in [0.05, 0.1) is 39.5 Å². The molecule has 5 amide bonds. The Morgan fingerprint density at radius 2 is 1.43 bits per heavy atom. The van der Waals surface area contributed by atoms with Gasteiger partial charge in [0.25, 0.3) is 5.91 Å². The highest BCUT2D eigenvalue weighted by Crippen LogP contribution is 2.46. The highest BCUT2D eigenvalue weighted by molar-refractivity contribution is 6.06. The van der Waals surface area contributed by atoms with Crippen LogP contribution < -0.4 is 10.6 Å². The fourth-order valence-electron chi connectivity index (χ4n) is 8.08. The number of benzene rings is 3. The summed E-state index contributed by atoms with van der Waals surface area (Å²) in [6.45, 7) is 2.17. The van der Waals surface area contributed by atoms with Crippen LogP contribution in [-0.4, -0.2) is 97.9 Å². The maximum absolute atomic E-state index is 13.8. The third-order valence-electron chi connectivity index (χ3n) is 11.7. The van der Waals surface area contributed by atoms with E-state index in [-0.39, 0.29) is 49.7 Å². The van der Waals surface area contributed by atoms with Gasteiger partial charge in [0.1, 0.15) is 18.4 Å². The van der Waals surface area contributed by atoms with Gasteiger partial charge in [-0.25, -0.2) is 14.1 Å². The maximum atomic E-state index is 13.8. The highest BCUT2D eigenvalue weighted by Gasteiger charge is 2.58. The molecule has 2 N–H and O–H groups in total. The minimum atomic E-state index is -4.83. The van der Waals surface area contributed by atoms with Crippen molar-refractivity contribution in [3.05, 3.63) is 94.8 Å². The minimum absolute atomic E-state index is 0.0314. The molecule has 0 aromatic heterocycles. The van der Waals surface area contributed by atoms with Gasteiger partial charge in [-0.1, -0.05) is 56.0 Å². The van der Waals surface area contributed by atoms with E-state index in [1.165, 1.54) is 37.8 Å². The summed E-state index contributed by atoms with van der Waals surface area (Å²) in [4.78, 5) is 66.4. The lowest BCUT2D eigenvalue weighted by Gasteiger charge is -2.31. The fraction of sp³-hybridized carbons (Fsp3) is 0.500. The van der Waals surface area contributed by atoms with Gasteiger partial charge >= 0.3 is 12.3 Å². The summed E-state index contributed by atoms with van der Waals surface area (Å²) >= 11 is 0. The quantitative estimate of drug-likeness (QED) is 0.0774. The first kappa shape index (κ1) is 47.1. The molecule has 340 valence electrons. The molecule has 0 bridgehead atoms. The van der Waals surface area contributed by atoms with E-state index in [9.17, 15) is 41.5 Å². The van der Waals surface area contributed by atoms with E-state index in [4.69, 9.17) is 18.9 Å². The van der Waals surface area contributed by atoms with Crippen molar-refractivity contribution >= 4 is 41.1 Å². The van der Waals surface area contributed by atoms with Crippen molar-refractivity contribution in [3.63, 3.8) is 0 Å². The molecule has 63 heavy (non-hydrogen) atoms. The second-order valence-corrected chi connectivity index (χ2v) is 16.1.